The molecule has 0 radical (unpaired) electrons. The van der Waals surface area contributed by atoms with E-state index in [1.807, 2.05) is 16.7 Å². The molecule has 1 aromatic heterocycles. The van der Waals surface area contributed by atoms with Crippen molar-refractivity contribution < 1.29 is 14.3 Å². The molecule has 2 heterocycles. The van der Waals surface area contributed by atoms with Gasteiger partial charge >= 0.3 is 0 Å². The lowest BCUT2D eigenvalue weighted by Crippen LogP contribution is -2.30. The number of rotatable bonds is 4. The fourth-order valence-electron chi connectivity index (χ4n) is 2.63. The number of ether oxygens (including phenoxy) is 2. The zero-order valence-electron chi connectivity index (χ0n) is 13.4. The third-order valence-corrected chi connectivity index (χ3v) is 6.24. The lowest BCUT2D eigenvalue weighted by Gasteiger charge is -2.24. The molecule has 1 amide bonds. The normalized spacial score (nSPS) is 17.3. The van der Waals surface area contributed by atoms with Gasteiger partial charge in [0.1, 0.15) is 16.9 Å². The van der Waals surface area contributed by atoms with Gasteiger partial charge in [0.25, 0.3) is 5.91 Å². The van der Waals surface area contributed by atoms with Gasteiger partial charge in [0.2, 0.25) is 0 Å². The minimum atomic E-state index is 0.00514. The van der Waals surface area contributed by atoms with Crippen LogP contribution in [0.25, 0.3) is 0 Å². The second-order valence-electron chi connectivity index (χ2n) is 5.24. The molecule has 1 atom stereocenters. The zero-order valence-corrected chi connectivity index (χ0v) is 15.0. The maximum absolute atomic E-state index is 13.0. The maximum atomic E-state index is 13.0. The van der Waals surface area contributed by atoms with Crippen molar-refractivity contribution in [2.45, 2.75) is 12.3 Å². The van der Waals surface area contributed by atoms with Crippen LogP contribution >= 0.6 is 23.1 Å². The van der Waals surface area contributed by atoms with Crippen molar-refractivity contribution in [3.8, 4) is 11.5 Å². The summed E-state index contributed by atoms with van der Waals surface area (Å²) >= 11 is 3.56. The summed E-state index contributed by atoms with van der Waals surface area (Å²) in [6.45, 7) is 2.84. The number of methoxy groups -OCH3 is 2. The van der Waals surface area contributed by atoms with Gasteiger partial charge in [0.15, 0.2) is 0 Å². The van der Waals surface area contributed by atoms with Crippen LogP contribution in [-0.4, -0.2) is 37.3 Å². The number of thioether (sulfide) groups is 1. The second-order valence-corrected chi connectivity index (χ2v) is 7.74. The van der Waals surface area contributed by atoms with Crippen molar-refractivity contribution in [2.24, 2.45) is 0 Å². The quantitative estimate of drug-likeness (QED) is 0.837. The van der Waals surface area contributed by atoms with Crippen molar-refractivity contribution in [2.75, 3.05) is 26.5 Å². The van der Waals surface area contributed by atoms with Crippen molar-refractivity contribution in [1.82, 2.24) is 4.90 Å². The molecule has 2 aromatic rings. The first-order chi connectivity index (χ1) is 11.1. The highest BCUT2D eigenvalue weighted by Gasteiger charge is 2.33. The Morgan fingerprint density at radius 2 is 2.04 bits per heavy atom. The molecule has 4 nitrogen and oxygen atoms in total. The van der Waals surface area contributed by atoms with Gasteiger partial charge in [-0.05, 0) is 31.2 Å². The molecular formula is C17H19NO3S2. The topological polar surface area (TPSA) is 38.8 Å². The molecule has 1 saturated heterocycles. The Morgan fingerprint density at radius 1 is 1.22 bits per heavy atom. The molecule has 0 aliphatic carbocycles. The number of carbonyl (C=O) groups excluding carboxylic acids is 1. The van der Waals surface area contributed by atoms with Crippen molar-refractivity contribution >= 4 is 29.0 Å². The Balaban J connectivity index is 1.90. The number of amides is 1. The molecule has 0 saturated carbocycles. The van der Waals surface area contributed by atoms with E-state index in [1.54, 1.807) is 43.8 Å². The molecule has 23 heavy (non-hydrogen) atoms. The third kappa shape index (κ3) is 3.19. The van der Waals surface area contributed by atoms with E-state index < -0.39 is 0 Å². The van der Waals surface area contributed by atoms with Gasteiger partial charge < -0.3 is 14.4 Å². The van der Waals surface area contributed by atoms with Gasteiger partial charge in [-0.15, -0.1) is 23.1 Å². The van der Waals surface area contributed by atoms with Crippen LogP contribution < -0.4 is 9.47 Å². The molecule has 1 fully saturated rings. The highest BCUT2D eigenvalue weighted by Crippen LogP contribution is 2.42. The number of benzene rings is 1. The van der Waals surface area contributed by atoms with Crippen molar-refractivity contribution in [3.63, 3.8) is 0 Å². The highest BCUT2D eigenvalue weighted by molar-refractivity contribution is 7.99. The molecular weight excluding hydrogens is 330 g/mol. The van der Waals surface area contributed by atoms with Gasteiger partial charge in [-0.25, -0.2) is 0 Å². The van der Waals surface area contributed by atoms with E-state index in [4.69, 9.17) is 9.47 Å². The fourth-order valence-corrected chi connectivity index (χ4v) is 5.00. The number of nitrogens with zero attached hydrogens (tertiary/aromatic N) is 1. The van der Waals surface area contributed by atoms with E-state index >= 15 is 0 Å². The standard InChI is InChI=1S/C17H19NO3S2/c1-11-4-7-15(23-11)17-18(8-9-22-17)16(19)13-6-5-12(20-2)10-14(13)21-3/h4-7,10,17H,8-9H2,1-3H3. The Hall–Kier alpha value is -1.66. The highest BCUT2D eigenvalue weighted by atomic mass is 32.2. The molecule has 3 rings (SSSR count). The number of carbonyl (C=O) groups is 1. The van der Waals surface area contributed by atoms with E-state index in [0.717, 1.165) is 12.3 Å². The molecule has 0 bridgehead atoms. The van der Waals surface area contributed by atoms with Crippen molar-refractivity contribution in [1.29, 1.82) is 0 Å². The average molecular weight is 349 g/mol. The van der Waals surface area contributed by atoms with E-state index in [2.05, 4.69) is 19.1 Å². The molecule has 1 aliphatic rings. The lowest BCUT2D eigenvalue weighted by molar-refractivity contribution is 0.0758. The molecule has 6 heteroatoms. The molecule has 1 unspecified atom stereocenters. The first-order valence-electron chi connectivity index (χ1n) is 7.35. The molecule has 122 valence electrons. The molecule has 0 spiro atoms. The number of hydrogen-bond acceptors (Lipinski definition) is 5. The van der Waals surface area contributed by atoms with Crippen LogP contribution in [0.4, 0.5) is 0 Å². The van der Waals surface area contributed by atoms with Crippen LogP contribution in [0, 0.1) is 6.92 Å². The van der Waals surface area contributed by atoms with E-state index in [9.17, 15) is 4.79 Å². The minimum absolute atomic E-state index is 0.00514. The number of hydrogen-bond donors (Lipinski definition) is 0. The summed E-state index contributed by atoms with van der Waals surface area (Å²) in [4.78, 5) is 17.4. The first kappa shape index (κ1) is 16.2. The number of aryl methyl sites for hydroxylation is 1. The smallest absolute Gasteiger partial charge is 0.258 e. The Kier molecular flexibility index (Phi) is 4.82. The van der Waals surface area contributed by atoms with Crippen LogP contribution in [0.2, 0.25) is 0 Å². The summed E-state index contributed by atoms with van der Waals surface area (Å²) in [5.41, 5.74) is 0.578. The maximum Gasteiger partial charge on any atom is 0.258 e. The largest absolute Gasteiger partial charge is 0.497 e. The number of thiophene rings is 1. The summed E-state index contributed by atoms with van der Waals surface area (Å²) in [6, 6.07) is 9.55. The van der Waals surface area contributed by atoms with Gasteiger partial charge in [-0.2, -0.15) is 0 Å². The molecule has 0 N–H and O–H groups in total. The van der Waals surface area contributed by atoms with Gasteiger partial charge in [0, 0.05) is 28.1 Å². The van der Waals surface area contributed by atoms with Crippen molar-refractivity contribution in [3.05, 3.63) is 45.6 Å². The Labute approximate surface area is 144 Å². The summed E-state index contributed by atoms with van der Waals surface area (Å²) in [6.07, 6.45) is 0. The van der Waals surface area contributed by atoms with Crippen LogP contribution in [-0.2, 0) is 0 Å². The SMILES string of the molecule is COc1ccc(C(=O)N2CCSC2c2ccc(C)s2)c(OC)c1. The average Bonchev–Trinajstić information content (AvgIpc) is 3.22. The second kappa shape index (κ2) is 6.84. The summed E-state index contributed by atoms with van der Waals surface area (Å²) in [5, 5.41) is 0.0907. The van der Waals surface area contributed by atoms with Crippen LogP contribution in [0.3, 0.4) is 0 Å². The van der Waals surface area contributed by atoms with E-state index in [1.165, 1.54) is 9.75 Å². The van der Waals surface area contributed by atoms with Crippen LogP contribution in [0.1, 0.15) is 25.5 Å². The zero-order chi connectivity index (χ0) is 16.4. The predicted octanol–water partition coefficient (Wildman–Crippen LogP) is 3.96. The summed E-state index contributed by atoms with van der Waals surface area (Å²) in [5.74, 6) is 2.18. The van der Waals surface area contributed by atoms with E-state index in [0.29, 0.717) is 17.1 Å². The van der Waals surface area contributed by atoms with Gasteiger partial charge in [-0.3, -0.25) is 4.79 Å². The predicted molar refractivity (Wildman–Crippen MR) is 94.8 cm³/mol. The monoisotopic (exact) mass is 349 g/mol. The Morgan fingerprint density at radius 3 is 2.70 bits per heavy atom. The molecule has 1 aromatic carbocycles. The summed E-state index contributed by atoms with van der Waals surface area (Å²) in [7, 11) is 3.17. The fraction of sp³-hybridized carbons (Fsp3) is 0.353. The van der Waals surface area contributed by atoms with Gasteiger partial charge in [-0.1, -0.05) is 0 Å². The summed E-state index contributed by atoms with van der Waals surface area (Å²) < 4.78 is 10.6. The minimum Gasteiger partial charge on any atom is -0.497 e. The third-order valence-electron chi connectivity index (χ3n) is 3.80. The van der Waals surface area contributed by atoms with Crippen LogP contribution in [0.15, 0.2) is 30.3 Å². The lowest BCUT2D eigenvalue weighted by atomic mass is 10.1. The molecule has 1 aliphatic heterocycles. The Bertz CT molecular complexity index is 714. The first-order valence-corrected chi connectivity index (χ1v) is 9.21. The van der Waals surface area contributed by atoms with Crippen LogP contribution in [0.5, 0.6) is 11.5 Å². The van der Waals surface area contributed by atoms with Gasteiger partial charge in [0.05, 0.1) is 19.8 Å². The van der Waals surface area contributed by atoms with E-state index in [-0.39, 0.29) is 11.3 Å².